The van der Waals surface area contributed by atoms with E-state index in [1.807, 2.05) is 13.0 Å². The summed E-state index contributed by atoms with van der Waals surface area (Å²) in [6, 6.07) is 5.59. The van der Waals surface area contributed by atoms with Crippen LogP contribution in [0.2, 0.25) is 0 Å². The first-order valence-electron chi connectivity index (χ1n) is 7.13. The van der Waals surface area contributed by atoms with Gasteiger partial charge in [-0.25, -0.2) is 0 Å². The molecule has 5 heteroatoms. The van der Waals surface area contributed by atoms with Crippen molar-refractivity contribution in [2.45, 2.75) is 26.3 Å². The summed E-state index contributed by atoms with van der Waals surface area (Å²) in [5.74, 6) is 0.412. The molecule has 4 N–H and O–H groups in total. The van der Waals surface area contributed by atoms with E-state index >= 15 is 0 Å². The fourth-order valence-corrected chi connectivity index (χ4v) is 2.40. The van der Waals surface area contributed by atoms with Crippen molar-refractivity contribution in [1.29, 1.82) is 0 Å². The molecule has 1 saturated heterocycles. The van der Waals surface area contributed by atoms with Gasteiger partial charge in [0, 0.05) is 30.7 Å². The topological polar surface area (TPSA) is 76.4 Å². The lowest BCUT2D eigenvalue weighted by Crippen LogP contribution is -2.27. The van der Waals surface area contributed by atoms with E-state index in [1.54, 1.807) is 12.1 Å². The molecule has 1 aromatic rings. The minimum Gasteiger partial charge on any atom is -0.397 e. The predicted molar refractivity (Wildman–Crippen MR) is 80.9 cm³/mol. The molecule has 1 heterocycles. The van der Waals surface area contributed by atoms with Crippen molar-refractivity contribution in [3.8, 4) is 0 Å². The van der Waals surface area contributed by atoms with Crippen molar-refractivity contribution in [3.63, 3.8) is 0 Å². The average Bonchev–Trinajstić information content (AvgIpc) is 2.95. The smallest absolute Gasteiger partial charge is 0.251 e. The van der Waals surface area contributed by atoms with E-state index in [2.05, 4.69) is 17.6 Å². The molecule has 0 aromatic heterocycles. The summed E-state index contributed by atoms with van der Waals surface area (Å²) in [5.41, 5.74) is 8.08. The first kappa shape index (κ1) is 14.7. The van der Waals surface area contributed by atoms with E-state index in [1.165, 1.54) is 0 Å². The van der Waals surface area contributed by atoms with Crippen LogP contribution in [0, 0.1) is 5.92 Å². The van der Waals surface area contributed by atoms with Crippen LogP contribution < -0.4 is 16.4 Å². The zero-order valence-corrected chi connectivity index (χ0v) is 12.1. The van der Waals surface area contributed by atoms with E-state index < -0.39 is 0 Å². The molecule has 0 saturated carbocycles. The number of nitrogens with one attached hydrogen (secondary N) is 2. The van der Waals surface area contributed by atoms with Crippen LogP contribution in [0.25, 0.3) is 0 Å². The number of amides is 1. The number of rotatable bonds is 5. The quantitative estimate of drug-likeness (QED) is 0.718. The SMILES string of the molecule is CCNC(=O)c1ccc(N)c(NC(C)C2CCOC2)c1. The third kappa shape index (κ3) is 3.42. The van der Waals surface area contributed by atoms with Crippen LogP contribution in [0.1, 0.15) is 30.6 Å². The molecule has 2 rings (SSSR count). The van der Waals surface area contributed by atoms with Crippen molar-refractivity contribution >= 4 is 17.3 Å². The molecule has 110 valence electrons. The normalized spacial score (nSPS) is 19.6. The average molecular weight is 277 g/mol. The van der Waals surface area contributed by atoms with Gasteiger partial charge in [-0.2, -0.15) is 0 Å². The lowest BCUT2D eigenvalue weighted by molar-refractivity contribution is 0.0956. The monoisotopic (exact) mass is 277 g/mol. The maximum absolute atomic E-state index is 11.9. The second-order valence-electron chi connectivity index (χ2n) is 5.22. The Labute approximate surface area is 119 Å². The number of nitrogen functional groups attached to an aromatic ring is 1. The molecule has 2 atom stereocenters. The second-order valence-corrected chi connectivity index (χ2v) is 5.22. The summed E-state index contributed by atoms with van der Waals surface area (Å²) in [5, 5.41) is 6.19. The molecule has 1 fully saturated rings. The molecule has 0 radical (unpaired) electrons. The van der Waals surface area contributed by atoms with E-state index in [0.29, 0.717) is 23.7 Å². The molecule has 1 aromatic carbocycles. The molecule has 1 amide bonds. The Bertz CT molecular complexity index is 470. The largest absolute Gasteiger partial charge is 0.397 e. The Kier molecular flexibility index (Phi) is 4.84. The summed E-state index contributed by atoms with van der Waals surface area (Å²) in [4.78, 5) is 11.9. The van der Waals surface area contributed by atoms with Gasteiger partial charge in [-0.05, 0) is 38.5 Å². The Balaban J connectivity index is 2.09. The van der Waals surface area contributed by atoms with Crippen LogP contribution in [0.3, 0.4) is 0 Å². The van der Waals surface area contributed by atoms with Crippen molar-refractivity contribution in [2.24, 2.45) is 5.92 Å². The van der Waals surface area contributed by atoms with Gasteiger partial charge < -0.3 is 21.1 Å². The molecule has 1 aliphatic heterocycles. The molecule has 5 nitrogen and oxygen atoms in total. The van der Waals surface area contributed by atoms with E-state index in [9.17, 15) is 4.79 Å². The maximum Gasteiger partial charge on any atom is 0.251 e. The third-order valence-electron chi connectivity index (χ3n) is 3.71. The van der Waals surface area contributed by atoms with Crippen LogP contribution >= 0.6 is 0 Å². The Morgan fingerprint density at radius 1 is 1.55 bits per heavy atom. The van der Waals surface area contributed by atoms with E-state index in [4.69, 9.17) is 10.5 Å². The highest BCUT2D eigenvalue weighted by Gasteiger charge is 2.22. The van der Waals surface area contributed by atoms with E-state index in [-0.39, 0.29) is 11.9 Å². The van der Waals surface area contributed by atoms with Gasteiger partial charge >= 0.3 is 0 Å². The van der Waals surface area contributed by atoms with Gasteiger partial charge in [-0.1, -0.05) is 0 Å². The lowest BCUT2D eigenvalue weighted by atomic mass is 10.00. The van der Waals surface area contributed by atoms with Crippen LogP contribution in [0.15, 0.2) is 18.2 Å². The molecule has 0 spiro atoms. The van der Waals surface area contributed by atoms with Gasteiger partial charge in [-0.3, -0.25) is 4.79 Å². The fraction of sp³-hybridized carbons (Fsp3) is 0.533. The third-order valence-corrected chi connectivity index (χ3v) is 3.71. The molecule has 20 heavy (non-hydrogen) atoms. The molecular formula is C15H23N3O2. The predicted octanol–water partition coefficient (Wildman–Crippen LogP) is 1.86. The van der Waals surface area contributed by atoms with Crippen molar-refractivity contribution in [3.05, 3.63) is 23.8 Å². The zero-order chi connectivity index (χ0) is 14.5. The maximum atomic E-state index is 11.9. The minimum atomic E-state index is -0.0765. The van der Waals surface area contributed by atoms with Gasteiger partial charge in [0.05, 0.1) is 18.0 Å². The van der Waals surface area contributed by atoms with Crippen LogP contribution in [0.5, 0.6) is 0 Å². The summed E-state index contributed by atoms with van der Waals surface area (Å²) >= 11 is 0. The lowest BCUT2D eigenvalue weighted by Gasteiger charge is -2.22. The van der Waals surface area contributed by atoms with Crippen molar-refractivity contribution in [2.75, 3.05) is 30.8 Å². The second kappa shape index (κ2) is 6.61. The summed E-state index contributed by atoms with van der Waals surface area (Å²) in [6.45, 7) is 6.24. The Morgan fingerprint density at radius 2 is 2.35 bits per heavy atom. The number of anilines is 2. The van der Waals surface area contributed by atoms with Crippen LogP contribution in [-0.2, 0) is 4.74 Å². The number of carbonyl (C=O) groups excluding carboxylic acids is 1. The summed E-state index contributed by atoms with van der Waals surface area (Å²) in [7, 11) is 0. The summed E-state index contributed by atoms with van der Waals surface area (Å²) < 4.78 is 5.40. The van der Waals surface area contributed by atoms with Crippen LogP contribution in [0.4, 0.5) is 11.4 Å². The first-order valence-corrected chi connectivity index (χ1v) is 7.13. The van der Waals surface area contributed by atoms with Crippen molar-refractivity contribution in [1.82, 2.24) is 5.32 Å². The summed E-state index contributed by atoms with van der Waals surface area (Å²) in [6.07, 6.45) is 1.06. The minimum absolute atomic E-state index is 0.0765. The van der Waals surface area contributed by atoms with Gasteiger partial charge in [-0.15, -0.1) is 0 Å². The molecule has 2 unspecified atom stereocenters. The van der Waals surface area contributed by atoms with Gasteiger partial charge in [0.25, 0.3) is 5.91 Å². The standard InChI is InChI=1S/C15H23N3O2/c1-3-17-15(19)11-4-5-13(16)14(8-11)18-10(2)12-6-7-20-9-12/h4-5,8,10,12,18H,3,6-7,9,16H2,1-2H3,(H,17,19). The number of hydrogen-bond acceptors (Lipinski definition) is 4. The molecule has 0 bridgehead atoms. The highest BCUT2D eigenvalue weighted by molar-refractivity contribution is 5.96. The Morgan fingerprint density at radius 3 is 3.00 bits per heavy atom. The molecule has 1 aliphatic rings. The fourth-order valence-electron chi connectivity index (χ4n) is 2.40. The highest BCUT2D eigenvalue weighted by atomic mass is 16.5. The van der Waals surface area contributed by atoms with Gasteiger partial charge in [0.1, 0.15) is 0 Å². The number of benzene rings is 1. The van der Waals surface area contributed by atoms with E-state index in [0.717, 1.165) is 25.3 Å². The van der Waals surface area contributed by atoms with Crippen LogP contribution in [-0.4, -0.2) is 31.7 Å². The van der Waals surface area contributed by atoms with Gasteiger partial charge in [0.15, 0.2) is 0 Å². The Hall–Kier alpha value is -1.75. The zero-order valence-electron chi connectivity index (χ0n) is 12.1. The van der Waals surface area contributed by atoms with Crippen molar-refractivity contribution < 1.29 is 9.53 Å². The highest BCUT2D eigenvalue weighted by Crippen LogP contribution is 2.25. The molecular weight excluding hydrogens is 254 g/mol. The first-order chi connectivity index (χ1) is 9.61. The number of ether oxygens (including phenoxy) is 1. The number of nitrogens with two attached hydrogens (primary N) is 1. The van der Waals surface area contributed by atoms with Gasteiger partial charge in [0.2, 0.25) is 0 Å². The number of carbonyl (C=O) groups is 1. The molecule has 0 aliphatic carbocycles. The number of hydrogen-bond donors (Lipinski definition) is 3.